The first-order valence-electron chi connectivity index (χ1n) is 8.78. The van der Waals surface area contributed by atoms with Gasteiger partial charge in [0.1, 0.15) is 11.5 Å². The topological polar surface area (TPSA) is 103 Å². The molecule has 1 heterocycles. The molecule has 0 spiro atoms. The normalized spacial score (nSPS) is 13.1. The Kier molecular flexibility index (Phi) is 4.35. The van der Waals surface area contributed by atoms with Crippen molar-refractivity contribution >= 4 is 40.0 Å². The summed E-state index contributed by atoms with van der Waals surface area (Å²) in [6, 6.07) is 11.9. The first kappa shape index (κ1) is 18.4. The molecule has 0 atom stereocenters. The van der Waals surface area contributed by atoms with Gasteiger partial charge in [-0.05, 0) is 30.3 Å². The molecule has 1 N–H and O–H groups in total. The number of hydrogen-bond acceptors (Lipinski definition) is 6. The molecule has 3 aromatic rings. The van der Waals surface area contributed by atoms with Gasteiger partial charge in [-0.2, -0.15) is 0 Å². The zero-order chi connectivity index (χ0) is 20.7. The number of esters is 2. The van der Waals surface area contributed by atoms with E-state index in [0.29, 0.717) is 5.69 Å². The molecular formula is C22H15NO6. The Bertz CT molecular complexity index is 1210. The number of para-hydroxylation sites is 1. The minimum Gasteiger partial charge on any atom is -0.426 e. The van der Waals surface area contributed by atoms with Gasteiger partial charge in [0.15, 0.2) is 11.6 Å². The average molecular weight is 389 g/mol. The van der Waals surface area contributed by atoms with E-state index in [1.807, 2.05) is 24.3 Å². The monoisotopic (exact) mass is 389 g/mol. The van der Waals surface area contributed by atoms with Crippen molar-refractivity contribution in [2.45, 2.75) is 13.8 Å². The van der Waals surface area contributed by atoms with Crippen LogP contribution in [0.5, 0.6) is 11.5 Å². The van der Waals surface area contributed by atoms with Crippen LogP contribution in [0.1, 0.15) is 40.3 Å². The highest BCUT2D eigenvalue weighted by atomic mass is 16.5. The average Bonchev–Trinajstić information content (AvgIpc) is 3.08. The molecule has 1 aliphatic rings. The molecular weight excluding hydrogens is 374 g/mol. The van der Waals surface area contributed by atoms with Gasteiger partial charge in [0.25, 0.3) is 0 Å². The van der Waals surface area contributed by atoms with E-state index in [0.717, 1.165) is 10.9 Å². The summed E-state index contributed by atoms with van der Waals surface area (Å²) in [5.74, 6) is -2.46. The molecule has 144 valence electrons. The van der Waals surface area contributed by atoms with Crippen LogP contribution in [0, 0.1) is 0 Å². The maximum absolute atomic E-state index is 13.3. The lowest BCUT2D eigenvalue weighted by Gasteiger charge is -2.19. The number of aromatic nitrogens is 1. The summed E-state index contributed by atoms with van der Waals surface area (Å²) in [5.41, 5.74) is 1.18. The van der Waals surface area contributed by atoms with Gasteiger partial charge in [-0.25, -0.2) is 0 Å². The molecule has 0 radical (unpaired) electrons. The molecule has 0 saturated heterocycles. The summed E-state index contributed by atoms with van der Waals surface area (Å²) in [5, 5.41) is 0.878. The van der Waals surface area contributed by atoms with Crippen molar-refractivity contribution in [2.24, 2.45) is 0 Å². The molecule has 1 aromatic heterocycles. The van der Waals surface area contributed by atoms with Gasteiger partial charge < -0.3 is 14.5 Å². The van der Waals surface area contributed by atoms with E-state index in [-0.39, 0.29) is 28.2 Å². The zero-order valence-electron chi connectivity index (χ0n) is 15.6. The summed E-state index contributed by atoms with van der Waals surface area (Å²) in [6.45, 7) is 2.38. The van der Waals surface area contributed by atoms with Crippen molar-refractivity contribution in [3.05, 3.63) is 65.4 Å². The van der Waals surface area contributed by atoms with Crippen LogP contribution >= 0.6 is 0 Å². The van der Waals surface area contributed by atoms with Crippen LogP contribution in [0.4, 0.5) is 0 Å². The molecule has 0 bridgehead atoms. The number of ether oxygens (including phenoxy) is 2. The smallest absolute Gasteiger partial charge is 0.308 e. The van der Waals surface area contributed by atoms with Crippen LogP contribution in [-0.4, -0.2) is 28.5 Å². The van der Waals surface area contributed by atoms with E-state index in [2.05, 4.69) is 4.98 Å². The van der Waals surface area contributed by atoms with Gasteiger partial charge in [-0.3, -0.25) is 19.2 Å². The number of allylic oxidation sites excluding steroid dienone is 2. The number of aromatic amines is 1. The number of nitrogens with one attached hydrogen (secondary N) is 1. The number of H-pyrrole nitrogens is 1. The summed E-state index contributed by atoms with van der Waals surface area (Å²) in [7, 11) is 0. The summed E-state index contributed by atoms with van der Waals surface area (Å²) >= 11 is 0. The van der Waals surface area contributed by atoms with E-state index in [4.69, 9.17) is 9.47 Å². The zero-order valence-corrected chi connectivity index (χ0v) is 15.6. The minimum atomic E-state index is -0.644. The number of hydrogen-bond donors (Lipinski definition) is 1. The highest BCUT2D eigenvalue weighted by molar-refractivity contribution is 6.40. The molecule has 7 heteroatoms. The van der Waals surface area contributed by atoms with Crippen molar-refractivity contribution in [1.29, 1.82) is 0 Å². The van der Waals surface area contributed by atoms with Crippen LogP contribution in [0.25, 0.3) is 16.5 Å². The fourth-order valence-corrected chi connectivity index (χ4v) is 3.34. The molecule has 0 fully saturated rings. The second-order valence-corrected chi connectivity index (χ2v) is 6.52. The number of Topliss-reactive ketones (excluding diaryl/α,β-unsaturated/α-hetero) is 1. The fourth-order valence-electron chi connectivity index (χ4n) is 3.34. The predicted octanol–water partition coefficient (Wildman–Crippen LogP) is 3.48. The number of rotatable bonds is 3. The standard InChI is InChI=1S/C22H15NO6/c1-11(24)28-18-7-8-19(29-12(2)25)21-20(18)17(26)10-14(22(21)27)16-9-13-5-3-4-6-15(13)23-16/h3-10,23H,1-2H3. The van der Waals surface area contributed by atoms with Gasteiger partial charge in [0.2, 0.25) is 0 Å². The third kappa shape index (κ3) is 3.23. The Labute approximate surface area is 164 Å². The molecule has 4 rings (SSSR count). The second kappa shape index (κ2) is 6.87. The predicted molar refractivity (Wildman–Crippen MR) is 104 cm³/mol. The molecule has 0 saturated carbocycles. The Morgan fingerprint density at radius 3 is 2.10 bits per heavy atom. The quantitative estimate of drug-likeness (QED) is 0.543. The minimum absolute atomic E-state index is 0.0614. The lowest BCUT2D eigenvalue weighted by molar-refractivity contribution is -0.133. The fraction of sp³-hybridized carbons (Fsp3) is 0.0909. The second-order valence-electron chi connectivity index (χ2n) is 6.52. The van der Waals surface area contributed by atoms with E-state index >= 15 is 0 Å². The van der Waals surface area contributed by atoms with Crippen LogP contribution < -0.4 is 9.47 Å². The van der Waals surface area contributed by atoms with Gasteiger partial charge in [-0.1, -0.05) is 18.2 Å². The lowest BCUT2D eigenvalue weighted by atomic mass is 9.86. The van der Waals surface area contributed by atoms with Crippen LogP contribution in [0.15, 0.2) is 48.5 Å². The lowest BCUT2D eigenvalue weighted by Crippen LogP contribution is -2.20. The van der Waals surface area contributed by atoms with Crippen LogP contribution in [0.3, 0.4) is 0 Å². The summed E-state index contributed by atoms with van der Waals surface area (Å²) in [6.07, 6.45) is 1.19. The molecule has 1 aliphatic carbocycles. The largest absolute Gasteiger partial charge is 0.426 e. The van der Waals surface area contributed by atoms with Crippen molar-refractivity contribution in [1.82, 2.24) is 4.98 Å². The van der Waals surface area contributed by atoms with Gasteiger partial charge in [0.05, 0.1) is 22.4 Å². The molecule has 0 aliphatic heterocycles. The van der Waals surface area contributed by atoms with E-state index < -0.39 is 23.5 Å². The third-order valence-electron chi connectivity index (χ3n) is 4.45. The summed E-state index contributed by atoms with van der Waals surface area (Å²) < 4.78 is 10.2. The van der Waals surface area contributed by atoms with Crippen LogP contribution in [0.2, 0.25) is 0 Å². The number of ketones is 2. The molecule has 29 heavy (non-hydrogen) atoms. The first-order valence-corrected chi connectivity index (χ1v) is 8.78. The Morgan fingerprint density at radius 2 is 1.48 bits per heavy atom. The van der Waals surface area contributed by atoms with Crippen molar-refractivity contribution in [2.75, 3.05) is 0 Å². The number of benzene rings is 2. The SMILES string of the molecule is CC(=O)Oc1ccc(OC(C)=O)c2c1C(=O)C=C(c1cc3ccccc3[nH]1)C2=O. The highest BCUT2D eigenvalue weighted by Gasteiger charge is 2.34. The van der Waals surface area contributed by atoms with Gasteiger partial charge >= 0.3 is 11.9 Å². The molecule has 0 amide bonds. The Hall–Kier alpha value is -4.00. The van der Waals surface area contributed by atoms with E-state index in [9.17, 15) is 19.2 Å². The number of fused-ring (bicyclic) bond motifs is 2. The molecule has 2 aromatic carbocycles. The maximum Gasteiger partial charge on any atom is 0.308 e. The Morgan fingerprint density at radius 1 is 0.862 bits per heavy atom. The molecule has 0 unspecified atom stereocenters. The number of carbonyl (C=O) groups excluding carboxylic acids is 4. The number of carbonyl (C=O) groups is 4. The first-order chi connectivity index (χ1) is 13.8. The molecule has 7 nitrogen and oxygen atoms in total. The van der Waals surface area contributed by atoms with Crippen molar-refractivity contribution in [3.8, 4) is 11.5 Å². The highest BCUT2D eigenvalue weighted by Crippen LogP contribution is 2.39. The maximum atomic E-state index is 13.3. The van der Waals surface area contributed by atoms with Gasteiger partial charge in [0, 0.05) is 24.8 Å². The van der Waals surface area contributed by atoms with E-state index in [1.165, 1.54) is 32.1 Å². The van der Waals surface area contributed by atoms with Crippen LogP contribution in [-0.2, 0) is 9.59 Å². The van der Waals surface area contributed by atoms with E-state index in [1.54, 1.807) is 6.07 Å². The van der Waals surface area contributed by atoms with Crippen molar-refractivity contribution < 1.29 is 28.7 Å². The summed E-state index contributed by atoms with van der Waals surface area (Å²) in [4.78, 5) is 52.2. The Balaban J connectivity index is 1.90. The van der Waals surface area contributed by atoms with Crippen molar-refractivity contribution in [3.63, 3.8) is 0 Å². The third-order valence-corrected chi connectivity index (χ3v) is 4.45. The van der Waals surface area contributed by atoms with Gasteiger partial charge in [-0.15, -0.1) is 0 Å².